The van der Waals surface area contributed by atoms with Crippen LogP contribution in [0.4, 0.5) is 0 Å². The van der Waals surface area contributed by atoms with Crippen LogP contribution < -0.4 is 29.6 Å². The Bertz CT molecular complexity index is 77.7. The van der Waals surface area contributed by atoms with Crippen LogP contribution in [0.1, 0.15) is 8.35 Å². The van der Waals surface area contributed by atoms with E-state index in [1.807, 2.05) is 0 Å². The summed E-state index contributed by atoms with van der Waals surface area (Å²) in [6, 6.07) is 0. The van der Waals surface area contributed by atoms with Crippen LogP contribution in [0.5, 0.6) is 0 Å². The van der Waals surface area contributed by atoms with Crippen molar-refractivity contribution >= 4 is 23.7 Å². The fraction of sp³-hybridized carbons (Fsp3) is 0.333. The molecule has 2 nitrogen and oxygen atoms in total. The third-order valence-electron chi connectivity index (χ3n) is 0.214. The summed E-state index contributed by atoms with van der Waals surface area (Å²) < 4.78 is 4.09. The van der Waals surface area contributed by atoms with Gasteiger partial charge in [-0.15, -0.1) is 0 Å². The number of carbonyl (C=O) groups excluding carboxylic acids is 1. The molecule has 0 aromatic heterocycles. The number of hydrogen-bond donors (Lipinski definition) is 0. The van der Waals surface area contributed by atoms with Crippen molar-refractivity contribution < 1.29 is 40.5 Å². The van der Waals surface area contributed by atoms with Crippen molar-refractivity contribution in [2.24, 2.45) is 0 Å². The first-order valence-electron chi connectivity index (χ1n) is 1.38. The van der Waals surface area contributed by atoms with Crippen LogP contribution in [0, 0.1) is 0 Å². The normalized spacial score (nSPS) is 5.86. The van der Waals surface area contributed by atoms with Gasteiger partial charge in [0, 0.05) is 6.92 Å². The molecule has 0 aliphatic heterocycles. The zero-order chi connectivity index (χ0) is 4.99. The summed E-state index contributed by atoms with van der Waals surface area (Å²) in [5.74, 6) is 0. The van der Waals surface area contributed by atoms with Gasteiger partial charge >= 0.3 is 29.6 Å². The van der Waals surface area contributed by atoms with Gasteiger partial charge < -0.3 is 6.16 Å². The Morgan fingerprint density at radius 1 is 2.00 bits per heavy atom. The van der Waals surface area contributed by atoms with Gasteiger partial charge in [-0.25, -0.2) is 0 Å². The van der Waals surface area contributed by atoms with Crippen LogP contribution in [0.15, 0.2) is 0 Å². The van der Waals surface area contributed by atoms with E-state index in [1.165, 1.54) is 6.92 Å². The molecule has 7 heavy (non-hydrogen) atoms. The fourth-order valence-corrected chi connectivity index (χ4v) is 0.107. The van der Waals surface area contributed by atoms with Crippen molar-refractivity contribution in [1.29, 1.82) is 0 Å². The first kappa shape index (κ1) is 10.5. The fourth-order valence-electron chi connectivity index (χ4n) is 0.0678. The van der Waals surface area contributed by atoms with Crippen LogP contribution >= 0.6 is 12.2 Å². The Morgan fingerprint density at radius 3 is 2.43 bits per heavy atom. The van der Waals surface area contributed by atoms with Crippen LogP contribution in [-0.2, 0) is 9.53 Å². The van der Waals surface area contributed by atoms with E-state index in [4.69, 9.17) is 0 Å². The number of carbonyl (C=O) groups is 1. The molecule has 0 bridgehead atoms. The molecule has 36 valence electrons. The van der Waals surface area contributed by atoms with Gasteiger partial charge in [-0.3, -0.25) is 4.79 Å². The van der Waals surface area contributed by atoms with Crippen molar-refractivity contribution in [3.63, 3.8) is 0 Å². The average Bonchev–Trinajstić information content (AvgIpc) is 1.35. The number of hydrogen-bond acceptors (Lipinski definition) is 3. The van der Waals surface area contributed by atoms with E-state index in [1.54, 1.807) is 0 Å². The second-order valence-corrected chi connectivity index (χ2v) is 1.28. The van der Waals surface area contributed by atoms with E-state index >= 15 is 0 Å². The molecule has 0 saturated heterocycles. The number of ether oxygens (including phenoxy) is 1. The van der Waals surface area contributed by atoms with Crippen LogP contribution in [-0.4, -0.2) is 11.5 Å². The second-order valence-electron chi connectivity index (χ2n) is 0.706. The molecular weight excluding hydrogens is 123 g/mol. The van der Waals surface area contributed by atoms with Crippen molar-refractivity contribution in [2.75, 3.05) is 0 Å². The Morgan fingerprint density at radius 2 is 2.43 bits per heavy atom. The third-order valence-corrected chi connectivity index (χ3v) is 0.310. The summed E-state index contributed by atoms with van der Waals surface area (Å²) >= 11 is 4.34. The summed E-state index contributed by atoms with van der Waals surface area (Å²) in [5, 5.41) is 0.255. The number of thiocarbonyl (C=S) groups is 1. The first-order chi connectivity index (χ1) is 2.77. The Labute approximate surface area is 71.0 Å². The minimum absolute atomic E-state index is 0. The molecule has 0 aromatic carbocycles. The molecule has 0 heterocycles. The van der Waals surface area contributed by atoms with Gasteiger partial charge in [0.1, 0.15) is 0 Å². The molecule has 0 N–H and O–H groups in total. The molecule has 0 aliphatic carbocycles. The summed E-state index contributed by atoms with van der Waals surface area (Å²) in [4.78, 5) is 9.31. The molecule has 0 aliphatic rings. The van der Waals surface area contributed by atoms with E-state index in [9.17, 15) is 4.79 Å². The molecule has 0 spiro atoms. The van der Waals surface area contributed by atoms with E-state index in [0.717, 1.165) is 0 Å². The van der Waals surface area contributed by atoms with E-state index in [0.29, 0.717) is 6.47 Å². The van der Waals surface area contributed by atoms with Crippen molar-refractivity contribution in [2.45, 2.75) is 6.92 Å². The SMILES string of the molecule is CC(=S)OC=O.[H-].[Na+]. The molecule has 0 saturated carbocycles. The molecule has 4 heteroatoms. The summed E-state index contributed by atoms with van der Waals surface area (Å²) in [6.07, 6.45) is 0. The largest absolute Gasteiger partial charge is 1.00 e. The van der Waals surface area contributed by atoms with E-state index in [-0.39, 0.29) is 36.0 Å². The average molecular weight is 128 g/mol. The van der Waals surface area contributed by atoms with Gasteiger partial charge in [0.05, 0.1) is 0 Å². The molecule has 0 aromatic rings. The van der Waals surface area contributed by atoms with Gasteiger partial charge in [0.15, 0.2) is 5.05 Å². The molecule has 0 radical (unpaired) electrons. The van der Waals surface area contributed by atoms with Gasteiger partial charge in [-0.2, -0.15) is 0 Å². The van der Waals surface area contributed by atoms with Crippen LogP contribution in [0.3, 0.4) is 0 Å². The zero-order valence-electron chi connectivity index (χ0n) is 5.30. The summed E-state index contributed by atoms with van der Waals surface area (Å²) in [6.45, 7) is 1.84. The summed E-state index contributed by atoms with van der Waals surface area (Å²) in [5.41, 5.74) is 0. The molecule has 0 rings (SSSR count). The maximum Gasteiger partial charge on any atom is 1.00 e. The Hall–Kier alpha value is 0.560. The molecule has 0 fully saturated rings. The molecular formula is C3H5NaO2S. The Kier molecular flexibility index (Phi) is 9.86. The van der Waals surface area contributed by atoms with Gasteiger partial charge in [-0.1, -0.05) is 0 Å². The quantitative estimate of drug-likeness (QED) is 0.224. The van der Waals surface area contributed by atoms with Crippen molar-refractivity contribution in [3.05, 3.63) is 0 Å². The minimum Gasteiger partial charge on any atom is -1.00 e. The minimum atomic E-state index is 0. The van der Waals surface area contributed by atoms with Crippen LogP contribution in [0.2, 0.25) is 0 Å². The van der Waals surface area contributed by atoms with Crippen molar-refractivity contribution in [1.82, 2.24) is 0 Å². The Balaban J connectivity index is -0.000000125. The van der Waals surface area contributed by atoms with E-state index in [2.05, 4.69) is 17.0 Å². The molecule has 0 unspecified atom stereocenters. The predicted octanol–water partition coefficient (Wildman–Crippen LogP) is -2.38. The topological polar surface area (TPSA) is 26.3 Å². The number of rotatable bonds is 1. The maximum atomic E-state index is 9.31. The second kappa shape index (κ2) is 6.56. The van der Waals surface area contributed by atoms with Crippen LogP contribution in [0.25, 0.3) is 0 Å². The third kappa shape index (κ3) is 10.8. The zero-order valence-corrected chi connectivity index (χ0v) is 7.12. The van der Waals surface area contributed by atoms with Gasteiger partial charge in [-0.05, 0) is 12.2 Å². The van der Waals surface area contributed by atoms with E-state index < -0.39 is 0 Å². The standard InChI is InChI=1S/C3H4O2S.Na.H/c1-3(6)5-2-4;;/h2H,1H3;;/q;+1;-1. The van der Waals surface area contributed by atoms with Gasteiger partial charge in [0.2, 0.25) is 0 Å². The van der Waals surface area contributed by atoms with Gasteiger partial charge in [0.25, 0.3) is 6.47 Å². The first-order valence-corrected chi connectivity index (χ1v) is 1.79. The smallest absolute Gasteiger partial charge is 1.00 e. The monoisotopic (exact) mass is 128 g/mol. The molecule has 0 amide bonds. The summed E-state index contributed by atoms with van der Waals surface area (Å²) in [7, 11) is 0. The predicted molar refractivity (Wildman–Crippen MR) is 26.5 cm³/mol. The van der Waals surface area contributed by atoms with Crippen molar-refractivity contribution in [3.8, 4) is 0 Å². The molecule has 0 atom stereocenters. The maximum absolute atomic E-state index is 9.31.